The fourth-order valence-electron chi connectivity index (χ4n) is 1.44. The second-order valence-corrected chi connectivity index (χ2v) is 3.76. The first kappa shape index (κ1) is 12.2. The van der Waals surface area contributed by atoms with Gasteiger partial charge in [-0.1, -0.05) is 0 Å². The summed E-state index contributed by atoms with van der Waals surface area (Å²) in [7, 11) is 1.84. The molecule has 8 heteroatoms. The molecule has 2 heterocycles. The monoisotopic (exact) mass is 249 g/mol. The summed E-state index contributed by atoms with van der Waals surface area (Å²) in [5.74, 6) is 1.05. The van der Waals surface area contributed by atoms with Gasteiger partial charge in [-0.3, -0.25) is 4.57 Å². The van der Waals surface area contributed by atoms with Gasteiger partial charge in [0.25, 0.3) is 0 Å². The average molecular weight is 249 g/mol. The van der Waals surface area contributed by atoms with Crippen LogP contribution >= 0.6 is 0 Å². The largest absolute Gasteiger partial charge is 0.396 e. The summed E-state index contributed by atoms with van der Waals surface area (Å²) < 4.78 is 1.65. The van der Waals surface area contributed by atoms with Crippen LogP contribution < -0.4 is 10.6 Å². The molecule has 0 aliphatic carbocycles. The predicted molar refractivity (Wildman–Crippen MR) is 66.3 cm³/mol. The lowest BCUT2D eigenvalue weighted by atomic mass is 10.4. The molecule has 0 aliphatic heterocycles. The van der Waals surface area contributed by atoms with Crippen LogP contribution in [0, 0.1) is 0 Å². The van der Waals surface area contributed by atoms with Crippen LogP contribution in [0.3, 0.4) is 0 Å². The first-order valence-corrected chi connectivity index (χ1v) is 5.52. The van der Waals surface area contributed by atoms with Gasteiger partial charge < -0.3 is 15.7 Å². The highest BCUT2D eigenvalue weighted by molar-refractivity contribution is 5.37. The lowest BCUT2D eigenvalue weighted by Gasteiger charge is -2.16. The molecular weight excluding hydrogens is 234 g/mol. The minimum atomic E-state index is 0.124. The summed E-state index contributed by atoms with van der Waals surface area (Å²) in [6, 6.07) is 0. The van der Waals surface area contributed by atoms with Crippen LogP contribution in [0.1, 0.15) is 6.42 Å². The lowest BCUT2D eigenvalue weighted by Crippen LogP contribution is -2.23. The third kappa shape index (κ3) is 2.72. The van der Waals surface area contributed by atoms with Gasteiger partial charge >= 0.3 is 0 Å². The molecule has 0 atom stereocenters. The molecule has 0 fully saturated rings. The van der Waals surface area contributed by atoms with Gasteiger partial charge in [0.05, 0.1) is 0 Å². The summed E-state index contributed by atoms with van der Waals surface area (Å²) in [6.45, 7) is 0.766. The predicted octanol–water partition coefficient (Wildman–Crippen LogP) is -0.542. The number of imidazole rings is 1. The lowest BCUT2D eigenvalue weighted by molar-refractivity contribution is 0.290. The maximum absolute atomic E-state index is 8.80. The van der Waals surface area contributed by atoms with E-state index in [9.17, 15) is 0 Å². The Kier molecular flexibility index (Phi) is 3.68. The van der Waals surface area contributed by atoms with Crippen LogP contribution in [-0.2, 0) is 0 Å². The Morgan fingerprint density at radius 3 is 2.89 bits per heavy atom. The molecule has 2 aromatic rings. The number of nitrogen functional groups attached to an aromatic ring is 1. The van der Waals surface area contributed by atoms with Crippen LogP contribution in [-0.4, -0.2) is 49.8 Å². The van der Waals surface area contributed by atoms with Crippen molar-refractivity contribution in [3.63, 3.8) is 0 Å². The Balaban J connectivity index is 2.26. The standard InChI is InChI=1S/C10H15N7O/c1-16(4-2-6-18)9-13-8(11)14-10(15-9)17-5-3-12-7-17/h3,5,7,18H,2,4,6H2,1H3,(H2,11,13,14,15). The van der Waals surface area contributed by atoms with Crippen molar-refractivity contribution in [1.82, 2.24) is 24.5 Å². The van der Waals surface area contributed by atoms with Gasteiger partial charge in [0, 0.05) is 32.6 Å². The fraction of sp³-hybridized carbons (Fsp3) is 0.400. The zero-order chi connectivity index (χ0) is 13.0. The molecule has 0 spiro atoms. The molecule has 0 aromatic carbocycles. The maximum atomic E-state index is 8.80. The molecule has 0 amide bonds. The van der Waals surface area contributed by atoms with E-state index in [1.807, 2.05) is 11.9 Å². The van der Waals surface area contributed by atoms with Gasteiger partial charge in [-0.2, -0.15) is 15.0 Å². The third-order valence-electron chi connectivity index (χ3n) is 2.36. The Bertz CT molecular complexity index is 499. The molecule has 2 aromatic heterocycles. The molecule has 0 aliphatic rings. The molecule has 18 heavy (non-hydrogen) atoms. The molecule has 96 valence electrons. The Morgan fingerprint density at radius 2 is 2.22 bits per heavy atom. The SMILES string of the molecule is CN(CCCO)c1nc(N)nc(-n2ccnc2)n1. The number of aliphatic hydroxyl groups is 1. The van der Waals surface area contributed by atoms with E-state index < -0.39 is 0 Å². The van der Waals surface area contributed by atoms with Gasteiger partial charge in [0.1, 0.15) is 6.33 Å². The number of nitrogens with two attached hydrogens (primary N) is 1. The molecule has 8 nitrogen and oxygen atoms in total. The molecule has 3 N–H and O–H groups in total. The minimum absolute atomic E-state index is 0.124. The van der Waals surface area contributed by atoms with E-state index in [4.69, 9.17) is 10.8 Å². The summed E-state index contributed by atoms with van der Waals surface area (Å²) >= 11 is 0. The van der Waals surface area contributed by atoms with Crippen molar-refractivity contribution in [1.29, 1.82) is 0 Å². The van der Waals surface area contributed by atoms with Crippen LogP contribution in [0.15, 0.2) is 18.7 Å². The van der Waals surface area contributed by atoms with E-state index in [1.54, 1.807) is 23.3 Å². The van der Waals surface area contributed by atoms with Gasteiger partial charge in [0.15, 0.2) is 0 Å². The van der Waals surface area contributed by atoms with E-state index in [-0.39, 0.29) is 12.6 Å². The highest BCUT2D eigenvalue weighted by atomic mass is 16.3. The number of anilines is 2. The van der Waals surface area contributed by atoms with E-state index >= 15 is 0 Å². The van der Waals surface area contributed by atoms with Crippen molar-refractivity contribution in [3.05, 3.63) is 18.7 Å². The second-order valence-electron chi connectivity index (χ2n) is 3.76. The second kappa shape index (κ2) is 5.41. The van der Waals surface area contributed by atoms with E-state index in [0.29, 0.717) is 24.9 Å². The minimum Gasteiger partial charge on any atom is -0.396 e. The summed E-state index contributed by atoms with van der Waals surface area (Å²) in [5.41, 5.74) is 5.66. The van der Waals surface area contributed by atoms with Gasteiger partial charge in [-0.05, 0) is 6.42 Å². The van der Waals surface area contributed by atoms with Crippen LogP contribution in [0.4, 0.5) is 11.9 Å². The number of hydrogen-bond donors (Lipinski definition) is 2. The smallest absolute Gasteiger partial charge is 0.241 e. The van der Waals surface area contributed by atoms with Crippen LogP contribution in [0.2, 0.25) is 0 Å². The number of hydrogen-bond acceptors (Lipinski definition) is 7. The van der Waals surface area contributed by atoms with Gasteiger partial charge in [-0.25, -0.2) is 4.98 Å². The summed E-state index contributed by atoms with van der Waals surface area (Å²) in [5, 5.41) is 8.80. The van der Waals surface area contributed by atoms with Crippen molar-refractivity contribution in [2.45, 2.75) is 6.42 Å². The molecule has 0 radical (unpaired) electrons. The molecule has 0 saturated heterocycles. The quantitative estimate of drug-likeness (QED) is 0.732. The zero-order valence-electron chi connectivity index (χ0n) is 10.1. The zero-order valence-corrected chi connectivity index (χ0v) is 10.1. The van der Waals surface area contributed by atoms with Crippen molar-refractivity contribution in [3.8, 4) is 5.95 Å². The molecule has 0 unspecified atom stereocenters. The van der Waals surface area contributed by atoms with Crippen LogP contribution in [0.25, 0.3) is 5.95 Å². The molecular formula is C10H15N7O. The Hall–Kier alpha value is -2.22. The summed E-state index contributed by atoms with van der Waals surface area (Å²) in [4.78, 5) is 18.1. The first-order valence-electron chi connectivity index (χ1n) is 5.52. The number of rotatable bonds is 5. The average Bonchev–Trinajstić information content (AvgIpc) is 2.89. The number of aliphatic hydroxyl groups excluding tert-OH is 1. The van der Waals surface area contributed by atoms with Crippen molar-refractivity contribution < 1.29 is 5.11 Å². The molecule has 0 saturated carbocycles. The normalized spacial score (nSPS) is 10.6. The van der Waals surface area contributed by atoms with Crippen molar-refractivity contribution in [2.24, 2.45) is 0 Å². The third-order valence-corrected chi connectivity index (χ3v) is 2.36. The Morgan fingerprint density at radius 1 is 1.39 bits per heavy atom. The number of aromatic nitrogens is 5. The highest BCUT2D eigenvalue weighted by Crippen LogP contribution is 2.10. The van der Waals surface area contributed by atoms with Gasteiger partial charge in [0.2, 0.25) is 17.8 Å². The topological polar surface area (TPSA) is 106 Å². The van der Waals surface area contributed by atoms with Crippen molar-refractivity contribution >= 4 is 11.9 Å². The van der Waals surface area contributed by atoms with Crippen molar-refractivity contribution in [2.75, 3.05) is 30.8 Å². The molecule has 2 rings (SSSR count). The van der Waals surface area contributed by atoms with Crippen LogP contribution in [0.5, 0.6) is 0 Å². The van der Waals surface area contributed by atoms with Gasteiger partial charge in [-0.15, -0.1) is 0 Å². The number of nitrogens with zero attached hydrogens (tertiary/aromatic N) is 6. The van der Waals surface area contributed by atoms with E-state index in [0.717, 1.165) is 0 Å². The summed E-state index contributed by atoms with van der Waals surface area (Å²) in [6.07, 6.45) is 5.59. The van der Waals surface area contributed by atoms with E-state index in [2.05, 4.69) is 19.9 Å². The maximum Gasteiger partial charge on any atom is 0.241 e. The molecule has 0 bridgehead atoms. The van der Waals surface area contributed by atoms with E-state index in [1.165, 1.54) is 0 Å². The highest BCUT2D eigenvalue weighted by Gasteiger charge is 2.09. The fourth-order valence-corrected chi connectivity index (χ4v) is 1.44. The Labute approximate surface area is 104 Å². The first-order chi connectivity index (χ1) is 8.70.